The average Bonchev–Trinajstić information content (AvgIpc) is 3.53. The van der Waals surface area contributed by atoms with Crippen LogP contribution in [-0.4, -0.2) is 25.1 Å². The van der Waals surface area contributed by atoms with E-state index in [2.05, 4.69) is 5.32 Å². The van der Waals surface area contributed by atoms with Crippen LogP contribution in [0.15, 0.2) is 42.5 Å². The molecule has 1 saturated carbocycles. The third-order valence-corrected chi connectivity index (χ3v) is 4.99. The van der Waals surface area contributed by atoms with Crippen molar-refractivity contribution in [2.45, 2.75) is 18.8 Å². The number of aromatic nitrogens is 1. The molecular formula is C21H19ClN2O3. The van der Waals surface area contributed by atoms with Crippen LogP contribution in [0.4, 0.5) is 5.69 Å². The largest absolute Gasteiger partial charge is 0.495 e. The van der Waals surface area contributed by atoms with Gasteiger partial charge in [0.2, 0.25) is 0 Å². The predicted octanol–water partition coefficient (Wildman–Crippen LogP) is 5.04. The number of halogens is 1. The van der Waals surface area contributed by atoms with Crippen LogP contribution in [-0.2, 0) is 0 Å². The molecular weight excluding hydrogens is 364 g/mol. The van der Waals surface area contributed by atoms with E-state index in [0.29, 0.717) is 33.7 Å². The van der Waals surface area contributed by atoms with Crippen molar-refractivity contribution < 1.29 is 14.3 Å². The molecule has 1 aliphatic rings. The molecule has 27 heavy (non-hydrogen) atoms. The average molecular weight is 383 g/mol. The van der Waals surface area contributed by atoms with Crippen LogP contribution in [0.1, 0.15) is 34.8 Å². The van der Waals surface area contributed by atoms with Crippen molar-refractivity contribution in [3.63, 3.8) is 0 Å². The first-order valence-corrected chi connectivity index (χ1v) is 9.11. The number of hydrogen-bond donors (Lipinski definition) is 1. The third kappa shape index (κ3) is 3.43. The SMILES string of the molecule is COc1cc(NC(=O)c2cc(C3CC3)nc3ccccc23)c(OC)cc1Cl. The lowest BCUT2D eigenvalue weighted by molar-refractivity contribution is 0.102. The lowest BCUT2D eigenvalue weighted by Crippen LogP contribution is -2.14. The zero-order chi connectivity index (χ0) is 19.0. The van der Waals surface area contributed by atoms with E-state index < -0.39 is 0 Å². The predicted molar refractivity (Wildman–Crippen MR) is 106 cm³/mol. The summed E-state index contributed by atoms with van der Waals surface area (Å²) in [7, 11) is 3.05. The monoisotopic (exact) mass is 382 g/mol. The zero-order valence-corrected chi connectivity index (χ0v) is 15.8. The smallest absolute Gasteiger partial charge is 0.256 e. The number of nitrogens with one attached hydrogen (secondary N) is 1. The summed E-state index contributed by atoms with van der Waals surface area (Å²) in [5, 5.41) is 4.16. The van der Waals surface area contributed by atoms with Crippen molar-refractivity contribution in [2.75, 3.05) is 19.5 Å². The molecule has 1 aromatic heterocycles. The fourth-order valence-electron chi connectivity index (χ4n) is 3.12. The van der Waals surface area contributed by atoms with Crippen molar-refractivity contribution >= 4 is 34.1 Å². The quantitative estimate of drug-likeness (QED) is 0.671. The zero-order valence-electron chi connectivity index (χ0n) is 15.1. The Morgan fingerprint density at radius 2 is 1.85 bits per heavy atom. The highest BCUT2D eigenvalue weighted by Gasteiger charge is 2.27. The van der Waals surface area contributed by atoms with Gasteiger partial charge in [-0.2, -0.15) is 0 Å². The van der Waals surface area contributed by atoms with Crippen molar-refractivity contribution in [2.24, 2.45) is 0 Å². The molecule has 5 nitrogen and oxygen atoms in total. The lowest BCUT2D eigenvalue weighted by atomic mass is 10.1. The van der Waals surface area contributed by atoms with Crippen LogP contribution in [0, 0.1) is 0 Å². The summed E-state index contributed by atoms with van der Waals surface area (Å²) < 4.78 is 10.6. The first-order valence-electron chi connectivity index (χ1n) is 8.73. The normalized spacial score (nSPS) is 13.4. The molecule has 0 atom stereocenters. The van der Waals surface area contributed by atoms with Gasteiger partial charge in [0, 0.05) is 29.1 Å². The summed E-state index contributed by atoms with van der Waals surface area (Å²) in [6, 6.07) is 12.9. The van der Waals surface area contributed by atoms with Crippen molar-refractivity contribution in [3.8, 4) is 11.5 Å². The second-order valence-corrected chi connectivity index (χ2v) is 6.93. The van der Waals surface area contributed by atoms with Gasteiger partial charge in [-0.25, -0.2) is 0 Å². The Hall–Kier alpha value is -2.79. The van der Waals surface area contributed by atoms with E-state index in [9.17, 15) is 4.79 Å². The van der Waals surface area contributed by atoms with Gasteiger partial charge in [0.25, 0.3) is 5.91 Å². The Bertz CT molecular complexity index is 1030. The molecule has 0 unspecified atom stereocenters. The second-order valence-electron chi connectivity index (χ2n) is 6.53. The van der Waals surface area contributed by atoms with Gasteiger partial charge >= 0.3 is 0 Å². The highest BCUT2D eigenvalue weighted by atomic mass is 35.5. The summed E-state index contributed by atoms with van der Waals surface area (Å²) >= 11 is 6.15. The van der Waals surface area contributed by atoms with Gasteiger partial charge in [-0.15, -0.1) is 0 Å². The van der Waals surface area contributed by atoms with Crippen molar-refractivity contribution in [1.82, 2.24) is 4.98 Å². The number of anilines is 1. The number of fused-ring (bicyclic) bond motifs is 1. The number of nitrogens with zero attached hydrogens (tertiary/aromatic N) is 1. The third-order valence-electron chi connectivity index (χ3n) is 4.70. The lowest BCUT2D eigenvalue weighted by Gasteiger charge is -2.14. The number of benzene rings is 2. The summed E-state index contributed by atoms with van der Waals surface area (Å²) in [5.41, 5.74) is 2.89. The van der Waals surface area contributed by atoms with Crippen LogP contribution >= 0.6 is 11.6 Å². The number of rotatable bonds is 5. The van der Waals surface area contributed by atoms with Crippen LogP contribution in [0.5, 0.6) is 11.5 Å². The molecule has 0 saturated heterocycles. The summed E-state index contributed by atoms with van der Waals surface area (Å²) in [6.07, 6.45) is 2.24. The maximum absolute atomic E-state index is 13.1. The molecule has 6 heteroatoms. The fourth-order valence-corrected chi connectivity index (χ4v) is 3.35. The Labute approximate surface area is 162 Å². The minimum Gasteiger partial charge on any atom is -0.495 e. The van der Waals surface area contributed by atoms with Crippen molar-refractivity contribution in [1.29, 1.82) is 0 Å². The van der Waals surface area contributed by atoms with Crippen molar-refractivity contribution in [3.05, 3.63) is 58.7 Å². The molecule has 1 N–H and O–H groups in total. The molecule has 1 fully saturated rings. The summed E-state index contributed by atoms with van der Waals surface area (Å²) in [4.78, 5) is 17.8. The van der Waals surface area contributed by atoms with E-state index in [0.717, 1.165) is 29.4 Å². The number of amides is 1. The Morgan fingerprint density at radius 3 is 2.56 bits per heavy atom. The first-order chi connectivity index (χ1) is 13.1. The van der Waals surface area contributed by atoms with Crippen LogP contribution in [0.25, 0.3) is 10.9 Å². The maximum atomic E-state index is 13.1. The van der Waals surface area contributed by atoms with E-state index >= 15 is 0 Å². The number of carbonyl (C=O) groups excluding carboxylic acids is 1. The van der Waals surface area contributed by atoms with E-state index in [-0.39, 0.29) is 5.91 Å². The van der Waals surface area contributed by atoms with Gasteiger partial charge in [-0.1, -0.05) is 29.8 Å². The number of carbonyl (C=O) groups is 1. The van der Waals surface area contributed by atoms with Gasteiger partial charge in [0.1, 0.15) is 11.5 Å². The maximum Gasteiger partial charge on any atom is 0.256 e. The molecule has 0 bridgehead atoms. The fraction of sp³-hybridized carbons (Fsp3) is 0.238. The van der Waals surface area contributed by atoms with E-state index in [1.54, 1.807) is 12.1 Å². The summed E-state index contributed by atoms with van der Waals surface area (Å²) in [6.45, 7) is 0. The number of ether oxygens (including phenoxy) is 2. The molecule has 4 rings (SSSR count). The Morgan fingerprint density at radius 1 is 1.11 bits per heavy atom. The summed E-state index contributed by atoms with van der Waals surface area (Å²) in [5.74, 6) is 1.16. The molecule has 3 aromatic rings. The number of hydrogen-bond acceptors (Lipinski definition) is 4. The van der Waals surface area contributed by atoms with Gasteiger partial charge in [-0.05, 0) is 25.0 Å². The number of pyridine rings is 1. The topological polar surface area (TPSA) is 60.5 Å². The molecule has 1 aliphatic carbocycles. The molecule has 1 amide bonds. The van der Waals surface area contributed by atoms with E-state index in [1.807, 2.05) is 30.3 Å². The molecule has 2 aromatic carbocycles. The molecule has 138 valence electrons. The molecule has 0 spiro atoms. The van der Waals surface area contributed by atoms with Gasteiger partial charge in [0.05, 0.1) is 36.0 Å². The number of para-hydroxylation sites is 1. The van der Waals surface area contributed by atoms with Crippen LogP contribution in [0.2, 0.25) is 5.02 Å². The van der Waals surface area contributed by atoms with Crippen LogP contribution in [0.3, 0.4) is 0 Å². The van der Waals surface area contributed by atoms with E-state index in [4.69, 9.17) is 26.1 Å². The first kappa shape index (κ1) is 17.6. The van der Waals surface area contributed by atoms with Gasteiger partial charge < -0.3 is 14.8 Å². The van der Waals surface area contributed by atoms with Gasteiger partial charge in [0.15, 0.2) is 0 Å². The Balaban J connectivity index is 1.75. The minimum atomic E-state index is -0.224. The van der Waals surface area contributed by atoms with E-state index in [1.165, 1.54) is 14.2 Å². The minimum absolute atomic E-state index is 0.224. The Kier molecular flexibility index (Phi) is 4.62. The standard InChI is InChI=1S/C21H19ClN2O3/c1-26-19-11-18(20(27-2)10-15(19)22)24-21(25)14-9-17(12-7-8-12)23-16-6-4-3-5-13(14)16/h3-6,9-12H,7-8H2,1-2H3,(H,24,25). The molecule has 0 aliphatic heterocycles. The van der Waals surface area contributed by atoms with Crippen LogP contribution < -0.4 is 14.8 Å². The second kappa shape index (κ2) is 7.08. The van der Waals surface area contributed by atoms with Gasteiger partial charge in [-0.3, -0.25) is 9.78 Å². The molecule has 0 radical (unpaired) electrons. The highest BCUT2D eigenvalue weighted by Crippen LogP contribution is 2.40. The molecule has 1 heterocycles. The number of methoxy groups -OCH3 is 2. The highest BCUT2D eigenvalue weighted by molar-refractivity contribution is 6.32.